The summed E-state index contributed by atoms with van der Waals surface area (Å²) < 4.78 is 46.9. The Labute approximate surface area is 183 Å². The van der Waals surface area contributed by atoms with Crippen molar-refractivity contribution in [2.24, 2.45) is 0 Å². The summed E-state index contributed by atoms with van der Waals surface area (Å²) in [6.07, 6.45) is 10.1. The Morgan fingerprint density at radius 2 is 1.59 bits per heavy atom. The van der Waals surface area contributed by atoms with Gasteiger partial charge in [-0.15, -0.1) is 0 Å². The minimum absolute atomic E-state index is 0.0623. The van der Waals surface area contributed by atoms with Gasteiger partial charge >= 0.3 is 0 Å². The topological polar surface area (TPSA) is 52.6 Å². The van der Waals surface area contributed by atoms with Crippen molar-refractivity contribution < 1.29 is 25.9 Å². The molecule has 0 saturated heterocycles. The molecule has 0 aliphatic heterocycles. The summed E-state index contributed by atoms with van der Waals surface area (Å²) in [5.41, 5.74) is 3.86. The average Bonchev–Trinajstić information content (AvgIpc) is 2.67. The molecule has 0 aromatic rings. The number of allylic oxidation sites excluding steroid dienone is 8. The van der Waals surface area contributed by atoms with E-state index in [0.717, 1.165) is 38.2 Å². The van der Waals surface area contributed by atoms with E-state index in [1.54, 1.807) is 0 Å². The molecule has 0 heterocycles. The van der Waals surface area contributed by atoms with Gasteiger partial charge in [0, 0.05) is 11.1 Å². The summed E-state index contributed by atoms with van der Waals surface area (Å²) in [7, 11) is -2.99. The van der Waals surface area contributed by atoms with E-state index in [1.165, 1.54) is 18.1 Å². The molecule has 4 nitrogen and oxygen atoms in total. The number of hydrogen-bond donors (Lipinski definition) is 0. The third-order valence-corrected chi connectivity index (χ3v) is 4.77. The quantitative estimate of drug-likeness (QED) is 0.305. The van der Waals surface area contributed by atoms with Crippen molar-refractivity contribution >= 4 is 11.6 Å². The Balaban J connectivity index is 2.98. The molecule has 1 aliphatic rings. The first-order valence-corrected chi connectivity index (χ1v) is 9.88. The zero-order valence-electron chi connectivity index (χ0n) is 23.4. The van der Waals surface area contributed by atoms with Crippen LogP contribution in [0.4, 0.5) is 0 Å². The Morgan fingerprint density at radius 3 is 2.17 bits per heavy atom. The fourth-order valence-corrected chi connectivity index (χ4v) is 2.97. The van der Waals surface area contributed by atoms with Gasteiger partial charge in [0.2, 0.25) is 23.1 Å². The number of hydrogen-bond acceptors (Lipinski definition) is 4. The zero-order valence-corrected chi connectivity index (χ0v) is 18.4. The second-order valence-electron chi connectivity index (χ2n) is 7.49. The van der Waals surface area contributed by atoms with Crippen molar-refractivity contribution in [3.63, 3.8) is 0 Å². The summed E-state index contributed by atoms with van der Waals surface area (Å²) in [6, 6.07) is 0. The number of carbonyl (C=O) groups is 2. The first-order chi connectivity index (χ1) is 15.5. The molecule has 0 atom stereocenters. The van der Waals surface area contributed by atoms with Crippen LogP contribution in [-0.2, 0) is 19.1 Å². The molecule has 0 radical (unpaired) electrons. The molecule has 4 heteroatoms. The summed E-state index contributed by atoms with van der Waals surface area (Å²) in [5.74, 6) is -3.05. The Bertz CT molecular complexity index is 937. The van der Waals surface area contributed by atoms with Gasteiger partial charge in [0.1, 0.15) is 0 Å². The van der Waals surface area contributed by atoms with Crippen LogP contribution in [-0.4, -0.2) is 25.2 Å². The fourth-order valence-electron chi connectivity index (χ4n) is 2.97. The number of methoxy groups -OCH3 is 1. The Hall–Kier alpha value is -2.36. The molecule has 29 heavy (non-hydrogen) atoms. The van der Waals surface area contributed by atoms with Gasteiger partial charge < -0.3 is 9.47 Å². The summed E-state index contributed by atoms with van der Waals surface area (Å²) in [5, 5.41) is 0. The minimum atomic E-state index is -2.99. The molecule has 0 unspecified atom stereocenters. The predicted molar refractivity (Wildman–Crippen MR) is 118 cm³/mol. The smallest absolute Gasteiger partial charge is 0.228 e. The zero-order chi connectivity index (χ0) is 26.3. The second-order valence-corrected chi connectivity index (χ2v) is 7.49. The normalized spacial score (nSPS) is 19.3. The van der Waals surface area contributed by atoms with Crippen LogP contribution in [0.15, 0.2) is 57.6 Å². The van der Waals surface area contributed by atoms with E-state index in [1.807, 2.05) is 13.0 Å². The monoisotopic (exact) mass is 405 g/mol. The number of carbonyl (C=O) groups excluding carboxylic acids is 2. The van der Waals surface area contributed by atoms with E-state index >= 15 is 0 Å². The number of ketones is 2. The van der Waals surface area contributed by atoms with Crippen LogP contribution in [0.5, 0.6) is 0 Å². The maximum Gasteiger partial charge on any atom is 0.228 e. The summed E-state index contributed by atoms with van der Waals surface area (Å²) in [4.78, 5) is 25.9. The first-order valence-electron chi connectivity index (χ1n) is 12.4. The molecule has 0 aromatic carbocycles. The molecular weight excluding hydrogens is 364 g/mol. The molecular formula is C25H36O4. The van der Waals surface area contributed by atoms with Crippen LogP contribution in [0.1, 0.15) is 80.5 Å². The van der Waals surface area contributed by atoms with E-state index in [9.17, 15) is 9.59 Å². The van der Waals surface area contributed by atoms with Crippen LogP contribution < -0.4 is 0 Å². The van der Waals surface area contributed by atoms with Crippen LogP contribution in [0.2, 0.25) is 0 Å². The third-order valence-electron chi connectivity index (χ3n) is 4.77. The molecule has 0 fully saturated rings. The number of Topliss-reactive ketones (excluding diaryl/α,β-unsaturated/α-hetero) is 2. The highest BCUT2D eigenvalue weighted by Crippen LogP contribution is 2.28. The van der Waals surface area contributed by atoms with Gasteiger partial charge in [0.15, 0.2) is 0 Å². The molecule has 1 rings (SSSR count). The second kappa shape index (κ2) is 12.3. The SMILES string of the molecule is [2H]C([2H])([2H])OC1=C(OC([2H])([2H])C)C(=O)C(C/C=C(\C)CC/C=C(\C)CCC=C(C)C)=C(C)C1=O. The van der Waals surface area contributed by atoms with Gasteiger partial charge in [-0.2, -0.15) is 0 Å². The van der Waals surface area contributed by atoms with Crippen molar-refractivity contribution in [3.05, 3.63) is 57.6 Å². The van der Waals surface area contributed by atoms with E-state index in [0.29, 0.717) is 0 Å². The lowest BCUT2D eigenvalue weighted by Crippen LogP contribution is -2.25. The standard InChI is InChI=1S/C25H36O4/c1-8-29-25-23(27)21(20(6)22(26)24(25)28-7)16-15-19(5)14-10-13-18(4)12-9-11-17(2)3/h11,13,15H,8-10,12,14,16H2,1-7H3/b18-13+,19-15+/i7D3,8D2. The van der Waals surface area contributed by atoms with Gasteiger partial charge in [-0.1, -0.05) is 34.9 Å². The Kier molecular flexibility index (Phi) is 7.39. The Morgan fingerprint density at radius 1 is 0.966 bits per heavy atom. The van der Waals surface area contributed by atoms with Gasteiger partial charge in [-0.3, -0.25) is 9.59 Å². The molecule has 1 aliphatic carbocycles. The molecule has 0 aromatic heterocycles. The lowest BCUT2D eigenvalue weighted by molar-refractivity contribution is -0.121. The van der Waals surface area contributed by atoms with Crippen molar-refractivity contribution in [2.75, 3.05) is 13.6 Å². The van der Waals surface area contributed by atoms with Gasteiger partial charge in [-0.25, -0.2) is 0 Å². The predicted octanol–water partition coefficient (Wildman–Crippen LogP) is 6.16. The molecule has 0 bridgehead atoms. The summed E-state index contributed by atoms with van der Waals surface area (Å²) >= 11 is 0. The number of ether oxygens (including phenoxy) is 2. The maximum atomic E-state index is 13.1. The number of rotatable bonds is 11. The van der Waals surface area contributed by atoms with Gasteiger partial charge in [0.25, 0.3) is 0 Å². The van der Waals surface area contributed by atoms with Crippen molar-refractivity contribution in [1.29, 1.82) is 0 Å². The third kappa shape index (κ3) is 7.52. The van der Waals surface area contributed by atoms with Crippen molar-refractivity contribution in [3.8, 4) is 0 Å². The van der Waals surface area contributed by atoms with Crippen LogP contribution in [0.3, 0.4) is 0 Å². The molecule has 0 amide bonds. The largest absolute Gasteiger partial charge is 0.489 e. The summed E-state index contributed by atoms with van der Waals surface area (Å²) in [6.45, 7) is 8.38. The van der Waals surface area contributed by atoms with Gasteiger partial charge in [0.05, 0.1) is 20.5 Å². The van der Waals surface area contributed by atoms with Crippen molar-refractivity contribution in [1.82, 2.24) is 0 Å². The van der Waals surface area contributed by atoms with E-state index < -0.39 is 36.7 Å². The van der Waals surface area contributed by atoms with E-state index in [4.69, 9.17) is 16.3 Å². The molecule has 160 valence electrons. The highest BCUT2D eigenvalue weighted by atomic mass is 16.5. The highest BCUT2D eigenvalue weighted by Gasteiger charge is 2.34. The molecule has 0 saturated carbocycles. The van der Waals surface area contributed by atoms with Crippen LogP contribution in [0, 0.1) is 0 Å². The van der Waals surface area contributed by atoms with Crippen molar-refractivity contribution in [2.45, 2.75) is 73.6 Å². The first kappa shape index (κ1) is 17.5. The fraction of sp³-hybridized carbons (Fsp3) is 0.520. The van der Waals surface area contributed by atoms with E-state index in [-0.39, 0.29) is 17.6 Å². The maximum absolute atomic E-state index is 13.1. The van der Waals surface area contributed by atoms with Crippen LogP contribution >= 0.6 is 0 Å². The molecule has 0 N–H and O–H groups in total. The van der Waals surface area contributed by atoms with Crippen LogP contribution in [0.25, 0.3) is 0 Å². The lowest BCUT2D eigenvalue weighted by atomic mass is 9.90. The molecule has 0 spiro atoms. The minimum Gasteiger partial charge on any atom is -0.489 e. The average molecular weight is 406 g/mol. The lowest BCUT2D eigenvalue weighted by Gasteiger charge is -2.20. The van der Waals surface area contributed by atoms with E-state index in [2.05, 4.69) is 32.9 Å². The van der Waals surface area contributed by atoms with Gasteiger partial charge in [-0.05, 0) is 73.6 Å². The highest BCUT2D eigenvalue weighted by molar-refractivity contribution is 6.23.